The van der Waals surface area contributed by atoms with E-state index >= 15 is 0 Å². The van der Waals surface area contributed by atoms with Crippen molar-refractivity contribution in [3.8, 4) is 0 Å². The molecular formula is C20H22O9. The normalized spacial score (nSPS) is 29.8. The molecule has 0 N–H and O–H groups in total. The lowest BCUT2D eigenvalue weighted by molar-refractivity contribution is -0.197. The Hall–Kier alpha value is -2.94. The molecule has 1 aromatic carbocycles. The van der Waals surface area contributed by atoms with E-state index in [2.05, 4.69) is 0 Å². The van der Waals surface area contributed by atoms with Crippen LogP contribution in [0.15, 0.2) is 30.3 Å². The number of esters is 4. The first-order valence-electron chi connectivity index (χ1n) is 9.14. The number of hydrogen-bond donors (Lipinski definition) is 0. The fourth-order valence-electron chi connectivity index (χ4n) is 3.53. The van der Waals surface area contributed by atoms with Crippen molar-refractivity contribution in [3.63, 3.8) is 0 Å². The van der Waals surface area contributed by atoms with Gasteiger partial charge in [-0.1, -0.05) is 18.2 Å². The van der Waals surface area contributed by atoms with Gasteiger partial charge in [0.15, 0.2) is 6.10 Å². The summed E-state index contributed by atoms with van der Waals surface area (Å²) in [5.41, 5.74) is -0.662. The van der Waals surface area contributed by atoms with Crippen LogP contribution in [0.25, 0.3) is 0 Å². The molecule has 0 bridgehead atoms. The summed E-state index contributed by atoms with van der Waals surface area (Å²) in [6, 6.07) is 8.49. The molecule has 0 amide bonds. The van der Waals surface area contributed by atoms with Crippen LogP contribution in [0.4, 0.5) is 0 Å². The summed E-state index contributed by atoms with van der Waals surface area (Å²) in [4.78, 5) is 46.7. The summed E-state index contributed by atoms with van der Waals surface area (Å²) >= 11 is 0. The molecule has 1 aromatic rings. The van der Waals surface area contributed by atoms with E-state index in [0.29, 0.717) is 12.0 Å². The maximum absolute atomic E-state index is 12.2. The molecule has 9 heteroatoms. The van der Waals surface area contributed by atoms with Crippen LogP contribution in [0.1, 0.15) is 37.6 Å². The Morgan fingerprint density at radius 3 is 2.17 bits per heavy atom. The Kier molecular flexibility index (Phi) is 5.88. The predicted molar refractivity (Wildman–Crippen MR) is 95.3 cm³/mol. The van der Waals surface area contributed by atoms with Gasteiger partial charge in [-0.15, -0.1) is 0 Å². The van der Waals surface area contributed by atoms with Crippen molar-refractivity contribution in [1.82, 2.24) is 0 Å². The fourth-order valence-corrected chi connectivity index (χ4v) is 3.53. The van der Waals surface area contributed by atoms with Crippen LogP contribution in [0, 0.1) is 5.92 Å². The Morgan fingerprint density at radius 1 is 0.966 bits per heavy atom. The van der Waals surface area contributed by atoms with Crippen LogP contribution in [-0.2, 0) is 38.1 Å². The maximum Gasteiger partial charge on any atom is 0.338 e. The maximum atomic E-state index is 12.2. The molecule has 9 nitrogen and oxygen atoms in total. The summed E-state index contributed by atoms with van der Waals surface area (Å²) in [5, 5.41) is 0. The van der Waals surface area contributed by atoms with E-state index in [1.165, 1.54) is 20.8 Å². The molecule has 0 aromatic heterocycles. The van der Waals surface area contributed by atoms with Crippen molar-refractivity contribution in [2.24, 2.45) is 5.92 Å². The largest absolute Gasteiger partial charge is 0.462 e. The summed E-state index contributed by atoms with van der Waals surface area (Å²) in [6.45, 7) is 3.59. The Labute approximate surface area is 167 Å². The smallest absolute Gasteiger partial charge is 0.338 e. The van der Waals surface area contributed by atoms with E-state index in [4.69, 9.17) is 23.7 Å². The zero-order valence-corrected chi connectivity index (χ0v) is 16.3. The molecule has 2 fully saturated rings. The van der Waals surface area contributed by atoms with Gasteiger partial charge in [-0.2, -0.15) is 0 Å². The van der Waals surface area contributed by atoms with Crippen LogP contribution in [0.2, 0.25) is 0 Å². The second kappa shape index (κ2) is 8.20. The van der Waals surface area contributed by atoms with Gasteiger partial charge in [0, 0.05) is 26.7 Å². The van der Waals surface area contributed by atoms with Gasteiger partial charge < -0.3 is 23.7 Å². The highest BCUT2D eigenvalue weighted by Crippen LogP contribution is 2.57. The molecule has 3 unspecified atom stereocenters. The van der Waals surface area contributed by atoms with Gasteiger partial charge in [0.1, 0.15) is 5.60 Å². The van der Waals surface area contributed by atoms with Crippen LogP contribution < -0.4 is 0 Å². The van der Waals surface area contributed by atoms with Crippen LogP contribution >= 0.6 is 0 Å². The number of hydrogen-bond acceptors (Lipinski definition) is 9. The monoisotopic (exact) mass is 406 g/mol. The van der Waals surface area contributed by atoms with E-state index in [1.807, 2.05) is 0 Å². The zero-order chi connectivity index (χ0) is 21.2. The summed E-state index contributed by atoms with van der Waals surface area (Å²) in [7, 11) is 0. The first kappa shape index (κ1) is 20.8. The molecule has 1 aliphatic heterocycles. The zero-order valence-electron chi connectivity index (χ0n) is 16.3. The van der Waals surface area contributed by atoms with Crippen LogP contribution in [-0.4, -0.2) is 54.6 Å². The van der Waals surface area contributed by atoms with E-state index in [-0.39, 0.29) is 12.5 Å². The summed E-state index contributed by atoms with van der Waals surface area (Å²) in [5.74, 6) is -2.71. The van der Waals surface area contributed by atoms with E-state index < -0.39 is 48.0 Å². The quantitative estimate of drug-likeness (QED) is 0.510. The molecule has 3 rings (SSSR count). The predicted octanol–water partition coefficient (Wildman–Crippen LogP) is 1.38. The molecule has 5 atom stereocenters. The van der Waals surface area contributed by atoms with Gasteiger partial charge in [0.25, 0.3) is 0 Å². The Balaban J connectivity index is 1.73. The van der Waals surface area contributed by atoms with Crippen molar-refractivity contribution in [1.29, 1.82) is 0 Å². The molecule has 1 saturated heterocycles. The molecule has 0 radical (unpaired) electrons. The first-order valence-corrected chi connectivity index (χ1v) is 9.14. The molecule has 2 aliphatic rings. The third-order valence-corrected chi connectivity index (χ3v) is 4.78. The van der Waals surface area contributed by atoms with Crippen molar-refractivity contribution in [2.45, 2.75) is 51.3 Å². The highest BCUT2D eigenvalue weighted by molar-refractivity contribution is 5.89. The standard InChI is InChI=1S/C20H22O9/c1-11(21)26-16-17(27-12(2)22)20(29-19(16)28-13(3)23)9-15(20)10-25-18(24)14-7-5-4-6-8-14/h4-8,15-17,19H,9-10H2,1-3H3/t15-,16?,17?,19?,20+/m1/s1. The average molecular weight is 406 g/mol. The van der Waals surface area contributed by atoms with Crippen molar-refractivity contribution >= 4 is 23.9 Å². The topological polar surface area (TPSA) is 114 Å². The van der Waals surface area contributed by atoms with Crippen molar-refractivity contribution in [3.05, 3.63) is 35.9 Å². The van der Waals surface area contributed by atoms with Gasteiger partial charge in [-0.05, 0) is 18.6 Å². The van der Waals surface area contributed by atoms with Crippen molar-refractivity contribution < 1.29 is 42.9 Å². The second-order valence-electron chi connectivity index (χ2n) is 7.02. The van der Waals surface area contributed by atoms with Crippen LogP contribution in [0.3, 0.4) is 0 Å². The van der Waals surface area contributed by atoms with Gasteiger partial charge in [-0.25, -0.2) is 4.79 Å². The molecule has 1 aliphatic carbocycles. The minimum absolute atomic E-state index is 0.00503. The van der Waals surface area contributed by atoms with E-state index in [1.54, 1.807) is 30.3 Å². The minimum atomic E-state index is -1.23. The molecule has 1 saturated carbocycles. The lowest BCUT2D eigenvalue weighted by Gasteiger charge is -2.23. The molecule has 1 heterocycles. The first-order chi connectivity index (χ1) is 13.7. The molecular weight excluding hydrogens is 384 g/mol. The third-order valence-electron chi connectivity index (χ3n) is 4.78. The van der Waals surface area contributed by atoms with Crippen LogP contribution in [0.5, 0.6) is 0 Å². The average Bonchev–Trinajstić information content (AvgIpc) is 3.28. The molecule has 29 heavy (non-hydrogen) atoms. The Morgan fingerprint density at radius 2 is 1.59 bits per heavy atom. The molecule has 1 spiro atoms. The molecule has 156 valence electrons. The third kappa shape index (κ3) is 4.56. The lowest BCUT2D eigenvalue weighted by Crippen LogP contribution is -2.42. The fraction of sp³-hybridized carbons (Fsp3) is 0.500. The van der Waals surface area contributed by atoms with Gasteiger partial charge >= 0.3 is 23.9 Å². The van der Waals surface area contributed by atoms with Gasteiger partial charge in [0.05, 0.1) is 12.2 Å². The Bertz CT molecular complexity index is 805. The number of carbonyl (C=O) groups excluding carboxylic acids is 4. The lowest BCUT2D eigenvalue weighted by atomic mass is 10.1. The summed E-state index contributed by atoms with van der Waals surface area (Å²) < 4.78 is 26.9. The highest BCUT2D eigenvalue weighted by Gasteiger charge is 2.73. The second-order valence-corrected chi connectivity index (χ2v) is 7.02. The highest BCUT2D eigenvalue weighted by atomic mass is 16.8. The van der Waals surface area contributed by atoms with Crippen molar-refractivity contribution in [2.75, 3.05) is 6.61 Å². The van der Waals surface area contributed by atoms with Gasteiger partial charge in [0.2, 0.25) is 12.4 Å². The summed E-state index contributed by atoms with van der Waals surface area (Å²) in [6.07, 6.45) is -2.96. The van der Waals surface area contributed by atoms with E-state index in [0.717, 1.165) is 0 Å². The van der Waals surface area contributed by atoms with Gasteiger partial charge in [-0.3, -0.25) is 14.4 Å². The number of carbonyl (C=O) groups is 4. The van der Waals surface area contributed by atoms with E-state index in [9.17, 15) is 19.2 Å². The SMILES string of the molecule is CC(=O)OC1O[C@]2(C[C@@H]2COC(=O)c2ccccc2)C(OC(C)=O)C1OC(C)=O. The number of ether oxygens (including phenoxy) is 5. The number of benzene rings is 1. The number of rotatable bonds is 6. The minimum Gasteiger partial charge on any atom is -0.462 e.